The van der Waals surface area contributed by atoms with E-state index in [1.807, 2.05) is 0 Å². The Morgan fingerprint density at radius 1 is 0.917 bits per heavy atom. The van der Waals surface area contributed by atoms with Gasteiger partial charge in [-0.1, -0.05) is 12.1 Å². The average Bonchev–Trinajstić information content (AvgIpc) is 3.17. The Balaban J connectivity index is 2.01. The van der Waals surface area contributed by atoms with Gasteiger partial charge < -0.3 is 20.1 Å². The van der Waals surface area contributed by atoms with Crippen LogP contribution in [-0.2, 0) is 4.74 Å². The molecule has 2 aliphatic rings. The van der Waals surface area contributed by atoms with Crippen molar-refractivity contribution >= 4 is 21.5 Å². The molecule has 0 saturated carbocycles. The summed E-state index contributed by atoms with van der Waals surface area (Å²) in [5, 5.41) is 34.3. The molecular weight excluding hydrogens is 308 g/mol. The summed E-state index contributed by atoms with van der Waals surface area (Å²) in [6.45, 7) is 1.01. The Morgan fingerprint density at radius 2 is 1.75 bits per heavy atom. The summed E-state index contributed by atoms with van der Waals surface area (Å²) < 4.78 is 5.43. The first kappa shape index (κ1) is 13.6. The summed E-state index contributed by atoms with van der Waals surface area (Å²) in [7, 11) is 0. The van der Waals surface area contributed by atoms with Gasteiger partial charge in [-0.15, -0.1) is 0 Å². The first-order valence-corrected chi connectivity index (χ1v) is 7.75. The maximum Gasteiger partial charge on any atom is 0.176 e. The largest absolute Gasteiger partial charge is 0.507 e. The van der Waals surface area contributed by atoms with Crippen molar-refractivity contribution in [1.29, 1.82) is 0 Å². The number of phenolic OH excluding ortho intramolecular Hbond substituents is 3. The molecule has 3 aromatic rings. The second-order valence-corrected chi connectivity index (χ2v) is 6.26. The Bertz CT molecular complexity index is 1150. The predicted molar refractivity (Wildman–Crippen MR) is 86.9 cm³/mol. The van der Waals surface area contributed by atoms with Crippen LogP contribution in [0.1, 0.15) is 6.42 Å². The summed E-state index contributed by atoms with van der Waals surface area (Å²) in [5.74, 6) is -0.174. The molecule has 1 saturated heterocycles. The monoisotopic (exact) mass is 322 g/mol. The third-order valence-electron chi connectivity index (χ3n) is 4.81. The van der Waals surface area contributed by atoms with Crippen LogP contribution in [0.5, 0.6) is 17.2 Å². The molecule has 6 nitrogen and oxygen atoms in total. The number of fused-ring (bicyclic) bond motifs is 4. The molecule has 120 valence electrons. The lowest BCUT2D eigenvalue weighted by molar-refractivity contribution is 0.180. The Hall–Kier alpha value is -2.86. The molecule has 2 heterocycles. The molecule has 3 aromatic carbocycles. The van der Waals surface area contributed by atoms with Crippen LogP contribution in [0.2, 0.25) is 0 Å². The van der Waals surface area contributed by atoms with Gasteiger partial charge in [-0.3, -0.25) is 4.99 Å². The van der Waals surface area contributed by atoms with Gasteiger partial charge in [0.05, 0.1) is 34.7 Å². The molecule has 0 bridgehead atoms. The topological polar surface area (TPSA) is 94.6 Å². The maximum atomic E-state index is 10.8. The lowest BCUT2D eigenvalue weighted by Crippen LogP contribution is -2.22. The third-order valence-corrected chi connectivity index (χ3v) is 4.81. The highest BCUT2D eigenvalue weighted by molar-refractivity contribution is 6.12. The summed E-state index contributed by atoms with van der Waals surface area (Å²) in [5.41, 5.74) is -0.633. The van der Waals surface area contributed by atoms with E-state index in [9.17, 15) is 15.3 Å². The van der Waals surface area contributed by atoms with Crippen LogP contribution in [0.3, 0.4) is 0 Å². The van der Waals surface area contributed by atoms with Crippen LogP contribution in [0.25, 0.3) is 21.5 Å². The van der Waals surface area contributed by atoms with E-state index in [0.717, 1.165) is 0 Å². The van der Waals surface area contributed by atoms with E-state index in [2.05, 4.69) is 4.99 Å². The number of aromatic hydroxyl groups is 3. The van der Waals surface area contributed by atoms with E-state index in [1.54, 1.807) is 24.3 Å². The van der Waals surface area contributed by atoms with Crippen LogP contribution in [0.15, 0.2) is 40.3 Å². The van der Waals surface area contributed by atoms with E-state index in [4.69, 9.17) is 9.73 Å². The molecule has 24 heavy (non-hydrogen) atoms. The van der Waals surface area contributed by atoms with Crippen molar-refractivity contribution in [1.82, 2.24) is 0 Å². The Kier molecular flexibility index (Phi) is 2.46. The van der Waals surface area contributed by atoms with Gasteiger partial charge in [0, 0.05) is 17.2 Å². The summed E-state index contributed by atoms with van der Waals surface area (Å²) in [6, 6.07) is 8.28. The normalized spacial score (nSPS) is 22.0. The van der Waals surface area contributed by atoms with Gasteiger partial charge in [0.2, 0.25) is 0 Å². The molecule has 1 fully saturated rings. The minimum absolute atomic E-state index is 0.00956. The summed E-state index contributed by atoms with van der Waals surface area (Å²) >= 11 is 0. The standard InChI is InChI=1S/C18H14N2O4/c21-12-3-1-2-9-13(12)17(23)14-10(16(9)22)4-5-11-15(14)20-18(19-11)6-7-24-8-18/h1-5,21-23H,6-8H2. The van der Waals surface area contributed by atoms with E-state index in [0.29, 0.717) is 46.5 Å². The predicted octanol–water partition coefficient (Wildman–Crippen LogP) is 1.48. The number of phenols is 3. The number of nitrogens with zero attached hydrogens (tertiary/aromatic N) is 2. The van der Waals surface area contributed by atoms with Crippen LogP contribution in [-0.4, -0.2) is 34.2 Å². The minimum Gasteiger partial charge on any atom is -0.507 e. The highest BCUT2D eigenvalue weighted by atomic mass is 16.5. The van der Waals surface area contributed by atoms with Crippen molar-refractivity contribution in [2.45, 2.75) is 12.1 Å². The van der Waals surface area contributed by atoms with Crippen molar-refractivity contribution in [3.05, 3.63) is 41.0 Å². The molecule has 6 heteroatoms. The molecular formula is C18H14N2O4. The molecule has 1 spiro atoms. The second-order valence-electron chi connectivity index (χ2n) is 6.26. The van der Waals surface area contributed by atoms with Gasteiger partial charge in [0.25, 0.3) is 0 Å². The van der Waals surface area contributed by atoms with Gasteiger partial charge in [0.15, 0.2) is 5.66 Å². The van der Waals surface area contributed by atoms with Crippen LogP contribution in [0.4, 0.5) is 0 Å². The number of hydrogen-bond donors (Lipinski definition) is 3. The van der Waals surface area contributed by atoms with Crippen molar-refractivity contribution in [3.8, 4) is 17.2 Å². The average molecular weight is 322 g/mol. The zero-order valence-corrected chi connectivity index (χ0v) is 12.7. The van der Waals surface area contributed by atoms with Gasteiger partial charge in [-0.25, -0.2) is 4.99 Å². The highest BCUT2D eigenvalue weighted by Crippen LogP contribution is 2.43. The first-order chi connectivity index (χ1) is 11.6. The molecule has 5 rings (SSSR count). The maximum absolute atomic E-state index is 10.8. The van der Waals surface area contributed by atoms with Crippen LogP contribution >= 0.6 is 0 Å². The van der Waals surface area contributed by atoms with Gasteiger partial charge in [0.1, 0.15) is 17.2 Å². The fourth-order valence-corrected chi connectivity index (χ4v) is 3.65. The molecule has 2 aliphatic heterocycles. The molecule has 3 N–H and O–H groups in total. The second kappa shape index (κ2) is 4.36. The highest BCUT2D eigenvalue weighted by Gasteiger charge is 2.36. The smallest absolute Gasteiger partial charge is 0.176 e. The molecule has 0 amide bonds. The van der Waals surface area contributed by atoms with Crippen LogP contribution in [0, 0.1) is 0 Å². The summed E-state index contributed by atoms with van der Waals surface area (Å²) in [6.07, 6.45) is 0.689. The van der Waals surface area contributed by atoms with E-state index < -0.39 is 5.66 Å². The SMILES string of the molecule is Oc1c2cccc(O)c2c(O)c2c3c(ccc12)=NC1(CCOC1)N=3. The van der Waals surface area contributed by atoms with E-state index in [1.165, 1.54) is 6.07 Å². The molecule has 0 radical (unpaired) electrons. The Morgan fingerprint density at radius 3 is 2.54 bits per heavy atom. The number of rotatable bonds is 0. The van der Waals surface area contributed by atoms with Crippen molar-refractivity contribution in [2.75, 3.05) is 13.2 Å². The van der Waals surface area contributed by atoms with Crippen LogP contribution < -0.4 is 10.7 Å². The van der Waals surface area contributed by atoms with Crippen molar-refractivity contribution in [3.63, 3.8) is 0 Å². The molecule has 1 atom stereocenters. The zero-order chi connectivity index (χ0) is 16.5. The quantitative estimate of drug-likeness (QED) is 0.431. The van der Waals surface area contributed by atoms with Gasteiger partial charge >= 0.3 is 0 Å². The number of hydrogen-bond acceptors (Lipinski definition) is 6. The number of ether oxygens (including phenoxy) is 1. The number of benzene rings is 3. The fraction of sp³-hybridized carbons (Fsp3) is 0.222. The minimum atomic E-state index is -0.633. The third kappa shape index (κ3) is 1.58. The van der Waals surface area contributed by atoms with Gasteiger partial charge in [-0.05, 0) is 18.2 Å². The van der Waals surface area contributed by atoms with E-state index >= 15 is 0 Å². The zero-order valence-electron chi connectivity index (χ0n) is 12.7. The lowest BCUT2D eigenvalue weighted by atomic mass is 9.99. The van der Waals surface area contributed by atoms with Crippen molar-refractivity contribution in [2.24, 2.45) is 9.98 Å². The molecule has 0 aromatic heterocycles. The van der Waals surface area contributed by atoms with E-state index in [-0.39, 0.29) is 22.6 Å². The van der Waals surface area contributed by atoms with Crippen molar-refractivity contribution < 1.29 is 20.1 Å². The summed E-state index contributed by atoms with van der Waals surface area (Å²) in [4.78, 5) is 9.36. The van der Waals surface area contributed by atoms with Gasteiger partial charge in [-0.2, -0.15) is 0 Å². The fourth-order valence-electron chi connectivity index (χ4n) is 3.65. The molecule has 0 aliphatic carbocycles. The Labute approximate surface area is 136 Å². The first-order valence-electron chi connectivity index (χ1n) is 7.75. The lowest BCUT2D eigenvalue weighted by Gasteiger charge is -2.12. The molecule has 1 unspecified atom stereocenters.